The molecular weight excluding hydrogens is 374 g/mol. The molecule has 0 bridgehead atoms. The molecule has 2 N–H and O–H groups in total. The molecule has 0 radical (unpaired) electrons. The quantitative estimate of drug-likeness (QED) is 0.804. The average molecular weight is 394 g/mol. The first-order valence-corrected chi connectivity index (χ1v) is 10.4. The molecule has 1 aromatic rings. The Morgan fingerprint density at radius 2 is 2.10 bits per heavy atom. The van der Waals surface area contributed by atoms with Gasteiger partial charge in [-0.2, -0.15) is 11.8 Å². The molecule has 1 fully saturated rings. The van der Waals surface area contributed by atoms with Gasteiger partial charge in [0.25, 0.3) is 0 Å². The predicted octanol–water partition coefficient (Wildman–Crippen LogP) is 2.84. The molecule has 0 spiro atoms. The number of sulfonamides is 1. The van der Waals surface area contributed by atoms with Gasteiger partial charge in [0, 0.05) is 29.0 Å². The largest absolute Gasteiger partial charge is 0.372 e. The van der Waals surface area contributed by atoms with E-state index >= 15 is 0 Å². The Labute approximate surface area is 138 Å². The lowest BCUT2D eigenvalue weighted by Gasteiger charge is -2.30. The summed E-state index contributed by atoms with van der Waals surface area (Å²) in [6.07, 6.45) is 7.81. The molecule has 0 saturated heterocycles. The van der Waals surface area contributed by atoms with Gasteiger partial charge in [-0.25, -0.2) is 18.1 Å². The number of hydrogen-bond donors (Lipinski definition) is 2. The van der Waals surface area contributed by atoms with E-state index in [-0.39, 0.29) is 10.9 Å². The number of thioether (sulfide) groups is 1. The zero-order valence-corrected chi connectivity index (χ0v) is 15.3. The minimum absolute atomic E-state index is 0.0116. The summed E-state index contributed by atoms with van der Waals surface area (Å²) in [6.45, 7) is 0. The van der Waals surface area contributed by atoms with Crippen molar-refractivity contribution in [3.63, 3.8) is 0 Å². The van der Waals surface area contributed by atoms with Gasteiger partial charge in [0.2, 0.25) is 10.0 Å². The van der Waals surface area contributed by atoms with E-state index in [1.165, 1.54) is 6.42 Å². The third-order valence-corrected chi connectivity index (χ3v) is 6.76. The highest BCUT2D eigenvalue weighted by Crippen LogP contribution is 2.29. The van der Waals surface area contributed by atoms with Crippen LogP contribution in [0.2, 0.25) is 0 Å². The van der Waals surface area contributed by atoms with Gasteiger partial charge in [0.05, 0.1) is 0 Å². The van der Waals surface area contributed by atoms with Crippen LogP contribution in [0.25, 0.3) is 0 Å². The maximum absolute atomic E-state index is 12.7. The molecule has 2 atom stereocenters. The number of anilines is 1. The van der Waals surface area contributed by atoms with E-state index in [1.807, 2.05) is 6.26 Å². The Hall–Kier alpha value is -0.310. The summed E-state index contributed by atoms with van der Waals surface area (Å²) in [5.74, 6) is 0.363. The van der Waals surface area contributed by atoms with Gasteiger partial charge in [0.15, 0.2) is 0 Å². The van der Waals surface area contributed by atoms with Crippen LogP contribution in [0, 0.1) is 0 Å². The molecule has 2 rings (SSSR count). The van der Waals surface area contributed by atoms with Crippen LogP contribution >= 0.6 is 27.7 Å². The highest BCUT2D eigenvalue weighted by Gasteiger charge is 2.30. The summed E-state index contributed by atoms with van der Waals surface area (Å²) in [7, 11) is -1.92. The fraction of sp³-hybridized carbons (Fsp3) is 0.615. The van der Waals surface area contributed by atoms with Crippen molar-refractivity contribution in [3.05, 3.63) is 16.7 Å². The summed E-state index contributed by atoms with van der Waals surface area (Å²) in [5, 5.41) is 3.17. The van der Waals surface area contributed by atoms with Gasteiger partial charge in [-0.3, -0.25) is 0 Å². The van der Waals surface area contributed by atoms with Crippen molar-refractivity contribution >= 4 is 43.5 Å². The van der Waals surface area contributed by atoms with Crippen molar-refractivity contribution in [3.8, 4) is 0 Å². The second-order valence-corrected chi connectivity index (χ2v) is 8.71. The summed E-state index contributed by atoms with van der Waals surface area (Å²) >= 11 is 5.02. The maximum atomic E-state index is 12.7. The molecule has 1 aliphatic rings. The number of aromatic nitrogens is 1. The third kappa shape index (κ3) is 4.12. The van der Waals surface area contributed by atoms with Crippen molar-refractivity contribution in [2.75, 3.05) is 18.6 Å². The first kappa shape index (κ1) is 17.1. The fourth-order valence-electron chi connectivity index (χ4n) is 2.59. The monoisotopic (exact) mass is 393 g/mol. The maximum Gasteiger partial charge on any atom is 0.244 e. The molecule has 0 aromatic carbocycles. The SMILES string of the molecule is CNc1ncc(Br)cc1S(=O)(=O)NC1CCCCC1SC. The minimum atomic E-state index is -3.59. The summed E-state index contributed by atoms with van der Waals surface area (Å²) < 4.78 is 28.9. The number of nitrogens with one attached hydrogen (secondary N) is 2. The third-order valence-electron chi connectivity index (χ3n) is 3.66. The highest BCUT2D eigenvalue weighted by atomic mass is 79.9. The summed E-state index contributed by atoms with van der Waals surface area (Å²) in [4.78, 5) is 4.30. The first-order chi connectivity index (χ1) is 9.97. The summed E-state index contributed by atoms with van der Waals surface area (Å²) in [6, 6.07) is 1.57. The molecule has 0 aliphatic heterocycles. The van der Waals surface area contributed by atoms with Crippen LogP contribution in [0.5, 0.6) is 0 Å². The zero-order chi connectivity index (χ0) is 15.5. The molecule has 8 heteroatoms. The van der Waals surface area contributed by atoms with E-state index in [4.69, 9.17) is 0 Å². The Morgan fingerprint density at radius 3 is 2.76 bits per heavy atom. The lowest BCUT2D eigenvalue weighted by molar-refractivity contribution is 0.423. The first-order valence-electron chi connectivity index (χ1n) is 6.86. The Kier molecular flexibility index (Phi) is 5.93. The second kappa shape index (κ2) is 7.30. The van der Waals surface area contributed by atoms with Crippen LogP contribution in [0.15, 0.2) is 21.6 Å². The Bertz CT molecular complexity index is 595. The van der Waals surface area contributed by atoms with Crippen molar-refractivity contribution in [2.24, 2.45) is 0 Å². The van der Waals surface area contributed by atoms with E-state index in [9.17, 15) is 8.42 Å². The van der Waals surface area contributed by atoms with Crippen LogP contribution in [0.4, 0.5) is 5.82 Å². The molecule has 1 heterocycles. The van der Waals surface area contributed by atoms with Gasteiger partial charge >= 0.3 is 0 Å². The Morgan fingerprint density at radius 1 is 1.38 bits per heavy atom. The lowest BCUT2D eigenvalue weighted by Crippen LogP contribution is -2.43. The predicted molar refractivity (Wildman–Crippen MR) is 91.4 cm³/mol. The number of nitrogens with zero attached hydrogens (tertiary/aromatic N) is 1. The zero-order valence-electron chi connectivity index (χ0n) is 12.1. The van der Waals surface area contributed by atoms with Crippen molar-refractivity contribution < 1.29 is 8.42 Å². The Balaban J connectivity index is 2.27. The highest BCUT2D eigenvalue weighted by molar-refractivity contribution is 9.10. The van der Waals surface area contributed by atoms with Gasteiger partial charge in [0.1, 0.15) is 10.7 Å². The fourth-order valence-corrected chi connectivity index (χ4v) is 5.59. The number of halogens is 1. The van der Waals surface area contributed by atoms with E-state index < -0.39 is 10.0 Å². The standard InChI is InChI=1S/C13H20BrN3O2S2/c1-15-13-12(7-9(14)8-16-13)21(18,19)17-10-5-3-4-6-11(10)20-2/h7-8,10-11,17H,3-6H2,1-2H3,(H,15,16). The van der Waals surface area contributed by atoms with Crippen LogP contribution in [-0.2, 0) is 10.0 Å². The molecule has 5 nitrogen and oxygen atoms in total. The minimum Gasteiger partial charge on any atom is -0.372 e. The van der Waals surface area contributed by atoms with Crippen molar-refractivity contribution in [1.29, 1.82) is 0 Å². The molecule has 21 heavy (non-hydrogen) atoms. The lowest BCUT2D eigenvalue weighted by atomic mass is 9.96. The second-order valence-electron chi connectivity index (χ2n) is 5.04. The molecule has 1 saturated carbocycles. The van der Waals surface area contributed by atoms with E-state index in [1.54, 1.807) is 31.1 Å². The van der Waals surface area contributed by atoms with Crippen molar-refractivity contribution in [1.82, 2.24) is 9.71 Å². The van der Waals surface area contributed by atoms with Gasteiger partial charge in [-0.1, -0.05) is 12.8 Å². The van der Waals surface area contributed by atoms with E-state index in [2.05, 4.69) is 31.0 Å². The van der Waals surface area contributed by atoms with Gasteiger partial charge in [-0.15, -0.1) is 0 Å². The van der Waals surface area contributed by atoms with Crippen LogP contribution in [0.3, 0.4) is 0 Å². The summed E-state index contributed by atoms with van der Waals surface area (Å²) in [5.41, 5.74) is 0. The molecule has 118 valence electrons. The number of pyridine rings is 1. The van der Waals surface area contributed by atoms with E-state index in [0.717, 1.165) is 19.3 Å². The van der Waals surface area contributed by atoms with E-state index in [0.29, 0.717) is 15.5 Å². The van der Waals surface area contributed by atoms with Crippen molar-refractivity contribution in [2.45, 2.75) is 41.9 Å². The smallest absolute Gasteiger partial charge is 0.244 e. The normalized spacial score (nSPS) is 23.0. The van der Waals surface area contributed by atoms with Gasteiger partial charge < -0.3 is 5.32 Å². The molecule has 1 aliphatic carbocycles. The molecule has 0 amide bonds. The van der Waals surface area contributed by atoms with Crippen LogP contribution in [0.1, 0.15) is 25.7 Å². The van der Waals surface area contributed by atoms with Crippen LogP contribution < -0.4 is 10.0 Å². The topological polar surface area (TPSA) is 71.1 Å². The number of hydrogen-bond acceptors (Lipinski definition) is 5. The van der Waals surface area contributed by atoms with Crippen LogP contribution in [-0.4, -0.2) is 38.0 Å². The number of rotatable bonds is 5. The molecule has 2 unspecified atom stereocenters. The molecule has 1 aromatic heterocycles. The average Bonchev–Trinajstić information content (AvgIpc) is 2.47. The van der Waals surface area contributed by atoms with Gasteiger partial charge in [-0.05, 0) is 41.1 Å². The molecular formula is C13H20BrN3O2S2.